The number of esters is 1. The van der Waals surface area contributed by atoms with Crippen LogP contribution in [0.2, 0.25) is 5.02 Å². The van der Waals surface area contributed by atoms with Crippen molar-refractivity contribution >= 4 is 28.5 Å². The Balaban J connectivity index is 2.03. The van der Waals surface area contributed by atoms with Crippen LogP contribution in [0.3, 0.4) is 0 Å². The number of aromatic nitrogens is 1. The molecule has 0 saturated carbocycles. The number of carbonyl (C=O) groups is 1. The molecule has 1 heterocycles. The quantitative estimate of drug-likeness (QED) is 0.638. The molecule has 0 saturated heterocycles. The van der Waals surface area contributed by atoms with Crippen LogP contribution in [0.25, 0.3) is 10.9 Å². The van der Waals surface area contributed by atoms with Crippen LogP contribution >= 0.6 is 11.6 Å². The summed E-state index contributed by atoms with van der Waals surface area (Å²) in [5.41, 5.74) is 1.98. The van der Waals surface area contributed by atoms with Gasteiger partial charge in [-0.15, -0.1) is 0 Å². The van der Waals surface area contributed by atoms with Crippen LogP contribution in [0.15, 0.2) is 48.5 Å². The molecule has 25 heavy (non-hydrogen) atoms. The molecule has 0 radical (unpaired) electrons. The summed E-state index contributed by atoms with van der Waals surface area (Å²) in [6.07, 6.45) is 0. The maximum atomic E-state index is 11.7. The molecule has 1 aromatic heterocycles. The Hall–Kier alpha value is -2.79. The van der Waals surface area contributed by atoms with E-state index in [1.807, 2.05) is 30.3 Å². The van der Waals surface area contributed by atoms with Crippen LogP contribution in [0.4, 0.5) is 0 Å². The van der Waals surface area contributed by atoms with Crippen molar-refractivity contribution in [2.45, 2.75) is 6.61 Å². The molecule has 0 aliphatic rings. The van der Waals surface area contributed by atoms with E-state index < -0.39 is 5.97 Å². The standard InChI is InChI=1S/C19H16ClNO4/c1-23-18-17(25-11-12-6-4-3-5-7-12)16(20)14-10-13(19(22)24-2)8-9-15(14)21-18/h3-10H,11H2,1-2H3. The average molecular weight is 358 g/mol. The van der Waals surface area contributed by atoms with E-state index in [0.717, 1.165) is 5.56 Å². The van der Waals surface area contributed by atoms with Gasteiger partial charge < -0.3 is 14.2 Å². The van der Waals surface area contributed by atoms with E-state index in [2.05, 4.69) is 4.98 Å². The third kappa shape index (κ3) is 3.51. The van der Waals surface area contributed by atoms with Gasteiger partial charge in [-0.2, -0.15) is 0 Å². The molecule has 3 rings (SSSR count). The number of benzene rings is 2. The number of fused-ring (bicyclic) bond motifs is 1. The summed E-state index contributed by atoms with van der Waals surface area (Å²) in [5.74, 6) is 0.183. The van der Waals surface area contributed by atoms with Crippen molar-refractivity contribution in [1.29, 1.82) is 0 Å². The summed E-state index contributed by atoms with van der Waals surface area (Å²) in [6, 6.07) is 14.6. The number of pyridine rings is 1. The Bertz CT molecular complexity index is 912. The fourth-order valence-corrected chi connectivity index (χ4v) is 2.71. The van der Waals surface area contributed by atoms with Gasteiger partial charge in [0.1, 0.15) is 6.61 Å². The predicted octanol–water partition coefficient (Wildman–Crippen LogP) is 4.26. The first-order valence-electron chi connectivity index (χ1n) is 7.56. The minimum atomic E-state index is -0.444. The predicted molar refractivity (Wildman–Crippen MR) is 95.4 cm³/mol. The Kier molecular flexibility index (Phi) is 5.05. The van der Waals surface area contributed by atoms with E-state index >= 15 is 0 Å². The molecule has 0 aliphatic heterocycles. The Morgan fingerprint density at radius 1 is 1.12 bits per heavy atom. The van der Waals surface area contributed by atoms with Gasteiger partial charge in [0.25, 0.3) is 5.88 Å². The van der Waals surface area contributed by atoms with Gasteiger partial charge in [-0.05, 0) is 23.8 Å². The largest absolute Gasteiger partial charge is 0.482 e. The van der Waals surface area contributed by atoms with Gasteiger partial charge in [0.15, 0.2) is 0 Å². The molecule has 128 valence electrons. The minimum Gasteiger partial charge on any atom is -0.482 e. The van der Waals surface area contributed by atoms with Crippen molar-refractivity contribution in [3.8, 4) is 11.6 Å². The highest BCUT2D eigenvalue weighted by Crippen LogP contribution is 2.39. The fraction of sp³-hybridized carbons (Fsp3) is 0.158. The summed E-state index contributed by atoms with van der Waals surface area (Å²) >= 11 is 6.51. The molecule has 0 bridgehead atoms. The smallest absolute Gasteiger partial charge is 0.337 e. The van der Waals surface area contributed by atoms with Gasteiger partial charge in [0, 0.05) is 5.39 Å². The molecule has 0 atom stereocenters. The van der Waals surface area contributed by atoms with Crippen molar-refractivity contribution in [3.63, 3.8) is 0 Å². The number of hydrogen-bond acceptors (Lipinski definition) is 5. The molecule has 0 spiro atoms. The van der Waals surface area contributed by atoms with Crippen LogP contribution in [0, 0.1) is 0 Å². The lowest BCUT2D eigenvalue weighted by Gasteiger charge is -2.14. The lowest BCUT2D eigenvalue weighted by Crippen LogP contribution is -2.03. The SMILES string of the molecule is COC(=O)c1ccc2nc(OC)c(OCc3ccccc3)c(Cl)c2c1. The fourth-order valence-electron chi connectivity index (χ4n) is 2.42. The maximum Gasteiger partial charge on any atom is 0.337 e. The van der Waals surface area contributed by atoms with Crippen molar-refractivity contribution in [2.24, 2.45) is 0 Å². The number of halogens is 1. The topological polar surface area (TPSA) is 57.7 Å². The summed E-state index contributed by atoms with van der Waals surface area (Å²) in [7, 11) is 2.83. The molecule has 2 aromatic carbocycles. The zero-order valence-corrected chi connectivity index (χ0v) is 14.5. The second-order valence-electron chi connectivity index (χ2n) is 5.26. The first kappa shape index (κ1) is 17.0. The number of carbonyl (C=O) groups excluding carboxylic acids is 1. The Morgan fingerprint density at radius 3 is 2.56 bits per heavy atom. The van der Waals surface area contributed by atoms with E-state index in [9.17, 15) is 4.79 Å². The van der Waals surface area contributed by atoms with Crippen LogP contribution < -0.4 is 9.47 Å². The molecule has 5 nitrogen and oxygen atoms in total. The zero-order chi connectivity index (χ0) is 17.8. The van der Waals surface area contributed by atoms with Gasteiger partial charge in [-0.25, -0.2) is 9.78 Å². The van der Waals surface area contributed by atoms with Gasteiger partial charge in [0.2, 0.25) is 5.75 Å². The Morgan fingerprint density at radius 2 is 1.88 bits per heavy atom. The number of nitrogens with zero attached hydrogens (tertiary/aromatic N) is 1. The van der Waals surface area contributed by atoms with Crippen LogP contribution in [0.1, 0.15) is 15.9 Å². The second kappa shape index (κ2) is 7.40. The number of rotatable bonds is 5. The molecule has 0 N–H and O–H groups in total. The third-order valence-electron chi connectivity index (χ3n) is 3.69. The van der Waals surface area contributed by atoms with Crippen molar-refractivity contribution < 1.29 is 19.0 Å². The van der Waals surface area contributed by atoms with Gasteiger partial charge in [-0.1, -0.05) is 41.9 Å². The van der Waals surface area contributed by atoms with E-state index in [1.165, 1.54) is 14.2 Å². The maximum absolute atomic E-state index is 11.7. The number of hydrogen-bond donors (Lipinski definition) is 0. The van der Waals surface area contributed by atoms with E-state index in [4.69, 9.17) is 25.8 Å². The molecule has 0 amide bonds. The summed E-state index contributed by atoms with van der Waals surface area (Å²) < 4.78 is 15.9. The van der Waals surface area contributed by atoms with Crippen LogP contribution in [0.5, 0.6) is 11.6 Å². The molecule has 3 aromatic rings. The summed E-state index contributed by atoms with van der Waals surface area (Å²) in [5, 5.41) is 0.928. The van der Waals surface area contributed by atoms with Crippen molar-refractivity contribution in [1.82, 2.24) is 4.98 Å². The van der Waals surface area contributed by atoms with Crippen LogP contribution in [-0.4, -0.2) is 25.2 Å². The first-order chi connectivity index (χ1) is 12.1. The first-order valence-corrected chi connectivity index (χ1v) is 7.94. The van der Waals surface area contributed by atoms with E-state index in [-0.39, 0.29) is 0 Å². The van der Waals surface area contributed by atoms with E-state index in [1.54, 1.807) is 18.2 Å². The monoisotopic (exact) mass is 357 g/mol. The van der Waals surface area contributed by atoms with Crippen molar-refractivity contribution in [3.05, 3.63) is 64.7 Å². The minimum absolute atomic E-state index is 0.291. The summed E-state index contributed by atoms with van der Waals surface area (Å²) in [6.45, 7) is 0.320. The van der Waals surface area contributed by atoms with Gasteiger partial charge in [-0.3, -0.25) is 0 Å². The normalized spacial score (nSPS) is 10.5. The molecular weight excluding hydrogens is 342 g/mol. The molecule has 0 aliphatic carbocycles. The van der Waals surface area contributed by atoms with Gasteiger partial charge in [0.05, 0.1) is 30.3 Å². The molecule has 0 unspecified atom stereocenters. The van der Waals surface area contributed by atoms with Gasteiger partial charge >= 0.3 is 5.97 Å². The van der Waals surface area contributed by atoms with Crippen LogP contribution in [-0.2, 0) is 11.3 Å². The molecular formula is C19H16ClNO4. The lowest BCUT2D eigenvalue weighted by atomic mass is 10.1. The highest BCUT2D eigenvalue weighted by Gasteiger charge is 2.18. The molecule has 6 heteroatoms. The number of methoxy groups -OCH3 is 2. The highest BCUT2D eigenvalue weighted by atomic mass is 35.5. The lowest BCUT2D eigenvalue weighted by molar-refractivity contribution is 0.0601. The van der Waals surface area contributed by atoms with E-state index in [0.29, 0.717) is 39.7 Å². The Labute approximate surface area is 150 Å². The number of ether oxygens (including phenoxy) is 3. The zero-order valence-electron chi connectivity index (χ0n) is 13.8. The average Bonchev–Trinajstić information content (AvgIpc) is 2.67. The highest BCUT2D eigenvalue weighted by molar-refractivity contribution is 6.37. The summed E-state index contributed by atoms with van der Waals surface area (Å²) in [4.78, 5) is 16.2. The molecule has 0 fully saturated rings. The second-order valence-corrected chi connectivity index (χ2v) is 5.64. The third-order valence-corrected chi connectivity index (χ3v) is 4.06. The van der Waals surface area contributed by atoms with Crippen molar-refractivity contribution in [2.75, 3.05) is 14.2 Å².